The zero-order valence-corrected chi connectivity index (χ0v) is 21.5. The van der Waals surface area contributed by atoms with Crippen molar-refractivity contribution in [1.82, 2.24) is 9.97 Å². The van der Waals surface area contributed by atoms with E-state index in [9.17, 15) is 19.8 Å². The van der Waals surface area contributed by atoms with Crippen LogP contribution in [-0.2, 0) is 22.4 Å². The molecule has 2 aromatic carbocycles. The first-order valence-corrected chi connectivity index (χ1v) is 12.2. The number of carboxylic acids is 2. The summed E-state index contributed by atoms with van der Waals surface area (Å²) in [7, 11) is 1.48. The van der Waals surface area contributed by atoms with E-state index in [1.807, 2.05) is 6.92 Å². The Morgan fingerprint density at radius 3 is 2.61 bits per heavy atom. The standard InChI is InChI=1S/C28H30N2O8/c1-4-5-6-24-29-16(2)27(30-24)26(19-9-8-18(35-3)13-22(19)36-14-25(31)32)20(28(33)34)11-17-7-10-21-23(12-17)38-15-37-21/h7-10,12-13H,4-6,11,14-15H2,1-3H3,(H,29,30)(H,31,32)(H,33,34)/b26-20+. The molecule has 0 saturated heterocycles. The average molecular weight is 523 g/mol. The van der Waals surface area contributed by atoms with Gasteiger partial charge in [-0.25, -0.2) is 14.6 Å². The summed E-state index contributed by atoms with van der Waals surface area (Å²) in [5.41, 5.74) is 2.63. The van der Waals surface area contributed by atoms with Gasteiger partial charge in [0, 0.05) is 35.7 Å². The quantitative estimate of drug-likeness (QED) is 0.295. The van der Waals surface area contributed by atoms with Gasteiger partial charge >= 0.3 is 11.9 Å². The van der Waals surface area contributed by atoms with Gasteiger partial charge in [0.15, 0.2) is 18.1 Å². The van der Waals surface area contributed by atoms with Gasteiger partial charge in [0.1, 0.15) is 17.3 Å². The summed E-state index contributed by atoms with van der Waals surface area (Å²) in [4.78, 5) is 32.2. The number of aromatic nitrogens is 2. The molecule has 1 aliphatic rings. The van der Waals surface area contributed by atoms with Crippen molar-refractivity contribution in [1.29, 1.82) is 0 Å². The number of carboxylic acid groups (broad SMARTS) is 2. The SMILES string of the molecule is CCCCc1nc(/C(=C(\Cc2ccc3c(c2)OCO3)C(=O)O)c2ccc(OC)cc2OCC(=O)O)c(C)[nH]1. The van der Waals surface area contributed by atoms with Gasteiger partial charge in [-0.1, -0.05) is 19.4 Å². The molecule has 0 spiro atoms. The lowest BCUT2D eigenvalue weighted by Crippen LogP contribution is -2.13. The molecule has 4 rings (SSSR count). The van der Waals surface area contributed by atoms with Crippen molar-refractivity contribution in [2.24, 2.45) is 0 Å². The largest absolute Gasteiger partial charge is 0.497 e. The number of H-pyrrole nitrogens is 1. The lowest BCUT2D eigenvalue weighted by Gasteiger charge is -2.17. The number of unbranched alkanes of at least 4 members (excludes halogenated alkanes) is 1. The van der Waals surface area contributed by atoms with E-state index in [1.165, 1.54) is 13.2 Å². The number of carbonyl (C=O) groups is 2. The molecular weight excluding hydrogens is 492 g/mol. The van der Waals surface area contributed by atoms with Gasteiger partial charge in [0.25, 0.3) is 0 Å². The first-order valence-electron chi connectivity index (χ1n) is 12.2. The number of hydrogen-bond acceptors (Lipinski definition) is 7. The van der Waals surface area contributed by atoms with Gasteiger partial charge in [0.2, 0.25) is 6.79 Å². The van der Waals surface area contributed by atoms with E-state index in [4.69, 9.17) is 23.9 Å². The Labute approximate surface area is 219 Å². The summed E-state index contributed by atoms with van der Waals surface area (Å²) >= 11 is 0. The molecule has 0 bridgehead atoms. The highest BCUT2D eigenvalue weighted by Crippen LogP contribution is 2.39. The predicted molar refractivity (Wildman–Crippen MR) is 138 cm³/mol. The minimum atomic E-state index is -1.17. The van der Waals surface area contributed by atoms with Crippen LogP contribution in [0.2, 0.25) is 0 Å². The second-order valence-corrected chi connectivity index (χ2v) is 8.83. The van der Waals surface area contributed by atoms with Crippen LogP contribution in [0.3, 0.4) is 0 Å². The number of aliphatic carboxylic acids is 2. The molecule has 0 amide bonds. The number of aromatic amines is 1. The number of nitrogens with one attached hydrogen (secondary N) is 1. The molecular formula is C28H30N2O8. The number of nitrogens with zero attached hydrogens (tertiary/aromatic N) is 1. The molecule has 3 aromatic rings. The van der Waals surface area contributed by atoms with Crippen molar-refractivity contribution in [2.75, 3.05) is 20.5 Å². The zero-order chi connectivity index (χ0) is 27.2. The van der Waals surface area contributed by atoms with Crippen molar-refractivity contribution >= 4 is 17.5 Å². The van der Waals surface area contributed by atoms with E-state index in [1.54, 1.807) is 30.3 Å². The zero-order valence-electron chi connectivity index (χ0n) is 21.5. The van der Waals surface area contributed by atoms with Crippen LogP contribution < -0.4 is 18.9 Å². The maximum Gasteiger partial charge on any atom is 0.341 e. The fraction of sp³-hybridized carbons (Fsp3) is 0.321. The van der Waals surface area contributed by atoms with Crippen LogP contribution in [0.25, 0.3) is 5.57 Å². The molecule has 0 saturated carbocycles. The van der Waals surface area contributed by atoms with Gasteiger partial charge in [-0.2, -0.15) is 0 Å². The third-order valence-corrected chi connectivity index (χ3v) is 6.12. The maximum absolute atomic E-state index is 12.8. The molecule has 1 aromatic heterocycles. The third-order valence-electron chi connectivity index (χ3n) is 6.12. The number of imidazole rings is 1. The van der Waals surface area contributed by atoms with Crippen LogP contribution >= 0.6 is 0 Å². The van der Waals surface area contributed by atoms with Crippen LogP contribution in [0.5, 0.6) is 23.0 Å². The van der Waals surface area contributed by atoms with E-state index >= 15 is 0 Å². The molecule has 200 valence electrons. The van der Waals surface area contributed by atoms with Crippen LogP contribution in [0.15, 0.2) is 42.0 Å². The molecule has 2 heterocycles. The monoisotopic (exact) mass is 522 g/mol. The lowest BCUT2D eigenvalue weighted by atomic mass is 9.91. The van der Waals surface area contributed by atoms with Gasteiger partial charge < -0.3 is 34.1 Å². The van der Waals surface area contributed by atoms with E-state index < -0.39 is 18.5 Å². The van der Waals surface area contributed by atoms with Crippen molar-refractivity contribution < 1.29 is 38.7 Å². The number of benzene rings is 2. The Hall–Kier alpha value is -4.47. The Kier molecular flexibility index (Phi) is 8.20. The molecule has 10 nitrogen and oxygen atoms in total. The van der Waals surface area contributed by atoms with Gasteiger partial charge in [-0.05, 0) is 43.2 Å². The van der Waals surface area contributed by atoms with Crippen LogP contribution in [0.1, 0.15) is 48.1 Å². The van der Waals surface area contributed by atoms with E-state index in [0.717, 1.165) is 18.7 Å². The number of methoxy groups -OCH3 is 1. The summed E-state index contributed by atoms with van der Waals surface area (Å²) < 4.78 is 21.8. The Morgan fingerprint density at radius 1 is 1.11 bits per heavy atom. The number of rotatable bonds is 12. The van der Waals surface area contributed by atoms with E-state index in [0.29, 0.717) is 51.8 Å². The molecule has 3 N–H and O–H groups in total. The molecule has 0 atom stereocenters. The fourth-order valence-corrected chi connectivity index (χ4v) is 4.28. The smallest absolute Gasteiger partial charge is 0.341 e. The number of hydrogen-bond donors (Lipinski definition) is 3. The molecule has 38 heavy (non-hydrogen) atoms. The second-order valence-electron chi connectivity index (χ2n) is 8.83. The summed E-state index contributed by atoms with van der Waals surface area (Å²) in [6, 6.07) is 10.2. The van der Waals surface area contributed by atoms with E-state index in [2.05, 4.69) is 11.9 Å². The fourth-order valence-electron chi connectivity index (χ4n) is 4.28. The van der Waals surface area contributed by atoms with Crippen LogP contribution in [0, 0.1) is 6.92 Å². The average Bonchev–Trinajstić information content (AvgIpc) is 3.52. The summed E-state index contributed by atoms with van der Waals surface area (Å²) in [6.45, 7) is 3.41. The Balaban J connectivity index is 1.92. The van der Waals surface area contributed by atoms with Crippen LogP contribution in [-0.4, -0.2) is 52.6 Å². The lowest BCUT2D eigenvalue weighted by molar-refractivity contribution is -0.139. The second kappa shape index (κ2) is 11.7. The predicted octanol–water partition coefficient (Wildman–Crippen LogP) is 4.39. The Morgan fingerprint density at radius 2 is 1.89 bits per heavy atom. The van der Waals surface area contributed by atoms with Crippen molar-refractivity contribution in [3.05, 3.63) is 70.3 Å². The molecule has 0 aliphatic carbocycles. The van der Waals surface area contributed by atoms with Gasteiger partial charge in [0.05, 0.1) is 18.4 Å². The first kappa shape index (κ1) is 26.6. The number of ether oxygens (including phenoxy) is 4. The van der Waals surface area contributed by atoms with Gasteiger partial charge in [-0.3, -0.25) is 0 Å². The van der Waals surface area contributed by atoms with Crippen molar-refractivity contribution in [2.45, 2.75) is 39.5 Å². The summed E-state index contributed by atoms with van der Waals surface area (Å²) in [6.07, 6.45) is 2.65. The number of fused-ring (bicyclic) bond motifs is 1. The van der Waals surface area contributed by atoms with Gasteiger partial charge in [-0.15, -0.1) is 0 Å². The first-order chi connectivity index (χ1) is 18.3. The topological polar surface area (TPSA) is 140 Å². The highest BCUT2D eigenvalue weighted by molar-refractivity contribution is 6.02. The van der Waals surface area contributed by atoms with Crippen LogP contribution in [0.4, 0.5) is 0 Å². The normalized spacial score (nSPS) is 12.7. The minimum Gasteiger partial charge on any atom is -0.497 e. The van der Waals surface area contributed by atoms with Crippen molar-refractivity contribution in [3.8, 4) is 23.0 Å². The highest BCUT2D eigenvalue weighted by atomic mass is 16.7. The maximum atomic E-state index is 12.8. The molecule has 0 unspecified atom stereocenters. The summed E-state index contributed by atoms with van der Waals surface area (Å²) in [5, 5.41) is 19.7. The highest BCUT2D eigenvalue weighted by Gasteiger charge is 2.26. The molecule has 0 fully saturated rings. The Bertz CT molecular complexity index is 1380. The van der Waals surface area contributed by atoms with Crippen molar-refractivity contribution in [3.63, 3.8) is 0 Å². The molecule has 10 heteroatoms. The minimum absolute atomic E-state index is 0.0439. The van der Waals surface area contributed by atoms with E-state index in [-0.39, 0.29) is 24.5 Å². The molecule has 0 radical (unpaired) electrons. The summed E-state index contributed by atoms with van der Waals surface area (Å²) in [5.74, 6) is 0.175. The third kappa shape index (κ3) is 5.91. The number of aryl methyl sites for hydroxylation is 2. The molecule has 1 aliphatic heterocycles.